The van der Waals surface area contributed by atoms with Gasteiger partial charge in [0.05, 0.1) is 11.1 Å². The van der Waals surface area contributed by atoms with Gasteiger partial charge in [0.2, 0.25) is 0 Å². The van der Waals surface area contributed by atoms with Gasteiger partial charge in [-0.05, 0) is 44.4 Å². The standard InChI is InChI=1S/C13H21NOS/c1-3-10-4-5-13(15)11(6-10)7-12-8-14-9(2)16-12/h8,10-11,13,15H,3-7H2,1-2H3. The molecule has 0 spiro atoms. The van der Waals surface area contributed by atoms with Gasteiger partial charge in [0, 0.05) is 11.1 Å². The van der Waals surface area contributed by atoms with Gasteiger partial charge < -0.3 is 5.11 Å². The first kappa shape index (κ1) is 12.1. The highest BCUT2D eigenvalue weighted by Crippen LogP contribution is 2.34. The summed E-state index contributed by atoms with van der Waals surface area (Å²) in [6, 6.07) is 0. The van der Waals surface area contributed by atoms with Crippen LogP contribution in [0.1, 0.15) is 42.5 Å². The molecule has 1 heterocycles. The summed E-state index contributed by atoms with van der Waals surface area (Å²) in [6.45, 7) is 4.30. The van der Waals surface area contributed by atoms with Crippen LogP contribution in [0.15, 0.2) is 6.20 Å². The van der Waals surface area contributed by atoms with Crippen LogP contribution < -0.4 is 0 Å². The maximum Gasteiger partial charge on any atom is 0.0896 e. The van der Waals surface area contributed by atoms with E-state index in [4.69, 9.17) is 0 Å². The molecule has 16 heavy (non-hydrogen) atoms. The zero-order chi connectivity index (χ0) is 11.5. The Morgan fingerprint density at radius 1 is 1.50 bits per heavy atom. The van der Waals surface area contributed by atoms with Crippen LogP contribution in [-0.2, 0) is 6.42 Å². The maximum atomic E-state index is 10.0. The van der Waals surface area contributed by atoms with Crippen molar-refractivity contribution in [3.63, 3.8) is 0 Å². The second kappa shape index (κ2) is 5.28. The van der Waals surface area contributed by atoms with Crippen LogP contribution in [0.2, 0.25) is 0 Å². The average Bonchev–Trinajstić information content (AvgIpc) is 2.67. The Bertz CT molecular complexity index is 336. The zero-order valence-electron chi connectivity index (χ0n) is 10.1. The minimum atomic E-state index is -0.0924. The van der Waals surface area contributed by atoms with Crippen molar-refractivity contribution in [2.24, 2.45) is 11.8 Å². The fraction of sp³-hybridized carbons (Fsp3) is 0.769. The molecule has 1 aromatic heterocycles. The minimum absolute atomic E-state index is 0.0924. The Labute approximate surface area is 102 Å². The Balaban J connectivity index is 1.96. The van der Waals surface area contributed by atoms with E-state index in [2.05, 4.69) is 11.9 Å². The van der Waals surface area contributed by atoms with Gasteiger partial charge in [0.25, 0.3) is 0 Å². The molecule has 0 aromatic carbocycles. The number of aliphatic hydroxyl groups excluding tert-OH is 1. The molecule has 3 unspecified atom stereocenters. The molecule has 0 bridgehead atoms. The predicted molar refractivity (Wildman–Crippen MR) is 67.7 cm³/mol. The lowest BCUT2D eigenvalue weighted by Crippen LogP contribution is -2.30. The minimum Gasteiger partial charge on any atom is -0.393 e. The Morgan fingerprint density at radius 3 is 2.94 bits per heavy atom. The lowest BCUT2D eigenvalue weighted by molar-refractivity contribution is 0.0478. The molecule has 1 aromatic rings. The predicted octanol–water partition coefficient (Wildman–Crippen LogP) is 3.18. The Morgan fingerprint density at radius 2 is 2.31 bits per heavy atom. The van der Waals surface area contributed by atoms with E-state index in [1.807, 2.05) is 13.1 Å². The molecule has 1 aliphatic rings. The summed E-state index contributed by atoms with van der Waals surface area (Å²) in [5.41, 5.74) is 0. The Kier molecular flexibility index (Phi) is 3.98. The summed E-state index contributed by atoms with van der Waals surface area (Å²) < 4.78 is 0. The molecule has 2 rings (SSSR count). The Hall–Kier alpha value is -0.410. The normalized spacial score (nSPS) is 30.6. The number of aromatic nitrogens is 1. The van der Waals surface area contributed by atoms with Crippen molar-refractivity contribution in [2.45, 2.75) is 52.1 Å². The molecule has 0 amide bonds. The molecule has 0 aliphatic heterocycles. The first-order valence-corrected chi connectivity index (χ1v) is 7.10. The molecule has 90 valence electrons. The topological polar surface area (TPSA) is 33.1 Å². The van der Waals surface area contributed by atoms with Gasteiger partial charge >= 0.3 is 0 Å². The summed E-state index contributed by atoms with van der Waals surface area (Å²) in [7, 11) is 0. The summed E-state index contributed by atoms with van der Waals surface area (Å²) in [4.78, 5) is 5.61. The molecule has 1 fully saturated rings. The van der Waals surface area contributed by atoms with E-state index in [1.165, 1.54) is 24.1 Å². The number of thiazole rings is 1. The highest BCUT2D eigenvalue weighted by molar-refractivity contribution is 7.11. The lowest BCUT2D eigenvalue weighted by Gasteiger charge is -2.32. The maximum absolute atomic E-state index is 10.0. The van der Waals surface area contributed by atoms with Gasteiger partial charge in [0.1, 0.15) is 0 Å². The second-order valence-corrected chi connectivity index (χ2v) is 6.28. The van der Waals surface area contributed by atoms with E-state index in [9.17, 15) is 5.11 Å². The molecule has 0 saturated heterocycles. The zero-order valence-corrected chi connectivity index (χ0v) is 11.0. The summed E-state index contributed by atoms with van der Waals surface area (Å²) in [6.07, 6.45) is 7.53. The van der Waals surface area contributed by atoms with Gasteiger partial charge in [-0.1, -0.05) is 13.3 Å². The second-order valence-electron chi connectivity index (χ2n) is 4.96. The molecule has 0 radical (unpaired) electrons. The monoisotopic (exact) mass is 239 g/mol. The van der Waals surface area contributed by atoms with E-state index in [0.29, 0.717) is 5.92 Å². The van der Waals surface area contributed by atoms with Gasteiger partial charge in [0.15, 0.2) is 0 Å². The third-order valence-corrected chi connectivity index (χ3v) is 4.70. The summed E-state index contributed by atoms with van der Waals surface area (Å²) in [5, 5.41) is 11.2. The van der Waals surface area contributed by atoms with Crippen molar-refractivity contribution >= 4 is 11.3 Å². The number of rotatable bonds is 3. The molecule has 3 heteroatoms. The summed E-state index contributed by atoms with van der Waals surface area (Å²) >= 11 is 1.77. The molecule has 3 atom stereocenters. The third kappa shape index (κ3) is 2.83. The van der Waals surface area contributed by atoms with Crippen LogP contribution in [0.5, 0.6) is 0 Å². The van der Waals surface area contributed by atoms with E-state index in [0.717, 1.165) is 23.8 Å². The third-order valence-electron chi connectivity index (χ3n) is 3.76. The first-order chi connectivity index (χ1) is 7.69. The fourth-order valence-electron chi connectivity index (χ4n) is 2.69. The highest BCUT2D eigenvalue weighted by Gasteiger charge is 2.28. The first-order valence-electron chi connectivity index (χ1n) is 6.28. The van der Waals surface area contributed by atoms with Crippen molar-refractivity contribution in [3.05, 3.63) is 16.1 Å². The van der Waals surface area contributed by atoms with E-state index in [-0.39, 0.29) is 6.10 Å². The van der Waals surface area contributed by atoms with Crippen LogP contribution >= 0.6 is 11.3 Å². The number of aryl methyl sites for hydroxylation is 1. The number of hydrogen-bond donors (Lipinski definition) is 1. The van der Waals surface area contributed by atoms with Crippen molar-refractivity contribution in [3.8, 4) is 0 Å². The quantitative estimate of drug-likeness (QED) is 0.879. The van der Waals surface area contributed by atoms with Crippen LogP contribution in [0.25, 0.3) is 0 Å². The number of nitrogens with zero attached hydrogens (tertiary/aromatic N) is 1. The van der Waals surface area contributed by atoms with Crippen molar-refractivity contribution in [1.82, 2.24) is 4.98 Å². The van der Waals surface area contributed by atoms with Crippen molar-refractivity contribution < 1.29 is 5.11 Å². The van der Waals surface area contributed by atoms with Gasteiger partial charge in [-0.2, -0.15) is 0 Å². The molecule has 1 aliphatic carbocycles. The SMILES string of the molecule is CCC1CCC(O)C(Cc2cnc(C)s2)C1. The number of aliphatic hydroxyl groups is 1. The van der Waals surface area contributed by atoms with E-state index >= 15 is 0 Å². The highest BCUT2D eigenvalue weighted by atomic mass is 32.1. The number of hydrogen-bond acceptors (Lipinski definition) is 3. The van der Waals surface area contributed by atoms with Crippen molar-refractivity contribution in [2.75, 3.05) is 0 Å². The summed E-state index contributed by atoms with van der Waals surface area (Å²) in [5.74, 6) is 1.28. The molecule has 2 nitrogen and oxygen atoms in total. The molecule has 1 N–H and O–H groups in total. The average molecular weight is 239 g/mol. The van der Waals surface area contributed by atoms with Gasteiger partial charge in [-0.3, -0.25) is 0 Å². The molecule has 1 saturated carbocycles. The van der Waals surface area contributed by atoms with Crippen LogP contribution in [0.4, 0.5) is 0 Å². The van der Waals surface area contributed by atoms with Crippen molar-refractivity contribution in [1.29, 1.82) is 0 Å². The fourth-order valence-corrected chi connectivity index (χ4v) is 3.58. The molecular formula is C13H21NOS. The van der Waals surface area contributed by atoms with Crippen LogP contribution in [0.3, 0.4) is 0 Å². The van der Waals surface area contributed by atoms with Crippen LogP contribution in [0, 0.1) is 18.8 Å². The largest absolute Gasteiger partial charge is 0.393 e. The van der Waals surface area contributed by atoms with E-state index in [1.54, 1.807) is 11.3 Å². The lowest BCUT2D eigenvalue weighted by atomic mass is 9.77. The molecular weight excluding hydrogens is 218 g/mol. The van der Waals surface area contributed by atoms with E-state index < -0.39 is 0 Å². The van der Waals surface area contributed by atoms with Gasteiger partial charge in [-0.25, -0.2) is 4.98 Å². The van der Waals surface area contributed by atoms with Gasteiger partial charge in [-0.15, -0.1) is 11.3 Å². The smallest absolute Gasteiger partial charge is 0.0896 e. The van der Waals surface area contributed by atoms with Crippen LogP contribution in [-0.4, -0.2) is 16.2 Å².